The van der Waals surface area contributed by atoms with Gasteiger partial charge in [-0.05, 0) is 30.7 Å². The summed E-state index contributed by atoms with van der Waals surface area (Å²) in [6, 6.07) is 7.69. The first-order valence-corrected chi connectivity index (χ1v) is 6.39. The molecule has 0 atom stereocenters. The predicted octanol–water partition coefficient (Wildman–Crippen LogP) is 1.27. The summed E-state index contributed by atoms with van der Waals surface area (Å²) < 4.78 is 5.09. The molecule has 0 spiro atoms. The third-order valence-electron chi connectivity index (χ3n) is 3.11. The van der Waals surface area contributed by atoms with Crippen molar-refractivity contribution in [1.82, 2.24) is 10.2 Å². The monoisotopic (exact) mass is 248 g/mol. The van der Waals surface area contributed by atoms with Gasteiger partial charge in [-0.15, -0.1) is 0 Å². The summed E-state index contributed by atoms with van der Waals surface area (Å²) in [5, 5.41) is 3.30. The smallest absolute Gasteiger partial charge is 0.253 e. The number of hydrogen-bond donors (Lipinski definition) is 1. The molecule has 1 aromatic rings. The fraction of sp³-hybridized carbons (Fsp3) is 0.500. The van der Waals surface area contributed by atoms with Crippen LogP contribution in [0, 0.1) is 0 Å². The maximum atomic E-state index is 12.4. The van der Waals surface area contributed by atoms with Crippen LogP contribution in [0.3, 0.4) is 0 Å². The summed E-state index contributed by atoms with van der Waals surface area (Å²) >= 11 is 0. The lowest BCUT2D eigenvalue weighted by Crippen LogP contribution is -2.34. The number of carbonyl (C=O) groups is 1. The Morgan fingerprint density at radius 1 is 1.39 bits per heavy atom. The molecule has 1 aromatic carbocycles. The van der Waals surface area contributed by atoms with Gasteiger partial charge in [0.2, 0.25) is 0 Å². The van der Waals surface area contributed by atoms with Gasteiger partial charge in [-0.3, -0.25) is 4.79 Å². The Morgan fingerprint density at radius 3 is 3.11 bits per heavy atom. The van der Waals surface area contributed by atoms with Crippen LogP contribution in [-0.4, -0.2) is 44.1 Å². The van der Waals surface area contributed by atoms with E-state index in [0.717, 1.165) is 43.7 Å². The van der Waals surface area contributed by atoms with Crippen molar-refractivity contribution in [3.63, 3.8) is 0 Å². The molecule has 1 aliphatic rings. The van der Waals surface area contributed by atoms with Crippen molar-refractivity contribution in [2.45, 2.75) is 13.0 Å². The Kier molecular flexibility index (Phi) is 4.73. The lowest BCUT2D eigenvalue weighted by Gasteiger charge is -2.20. The molecule has 1 saturated heterocycles. The van der Waals surface area contributed by atoms with Crippen molar-refractivity contribution in [2.24, 2.45) is 0 Å². The van der Waals surface area contributed by atoms with E-state index in [2.05, 4.69) is 5.32 Å². The topological polar surface area (TPSA) is 41.6 Å². The first kappa shape index (κ1) is 13.1. The van der Waals surface area contributed by atoms with Gasteiger partial charge in [0.1, 0.15) is 0 Å². The zero-order valence-corrected chi connectivity index (χ0v) is 10.8. The molecule has 0 aliphatic carbocycles. The Labute approximate surface area is 108 Å². The van der Waals surface area contributed by atoms with E-state index in [9.17, 15) is 4.79 Å². The third kappa shape index (κ3) is 3.31. The van der Waals surface area contributed by atoms with E-state index in [1.54, 1.807) is 7.11 Å². The molecule has 2 rings (SSSR count). The Morgan fingerprint density at radius 2 is 2.28 bits per heavy atom. The number of nitrogens with one attached hydrogen (secondary N) is 1. The van der Waals surface area contributed by atoms with Gasteiger partial charge in [0.15, 0.2) is 0 Å². The summed E-state index contributed by atoms with van der Waals surface area (Å²) in [4.78, 5) is 14.3. The van der Waals surface area contributed by atoms with E-state index < -0.39 is 0 Å². The molecule has 98 valence electrons. The molecule has 0 unspecified atom stereocenters. The van der Waals surface area contributed by atoms with Gasteiger partial charge in [0.25, 0.3) is 5.91 Å². The predicted molar refractivity (Wildman–Crippen MR) is 70.5 cm³/mol. The molecule has 1 N–H and O–H groups in total. The number of amides is 1. The average Bonchev–Trinajstić information content (AvgIpc) is 2.67. The minimum absolute atomic E-state index is 0.122. The summed E-state index contributed by atoms with van der Waals surface area (Å²) in [6.07, 6.45) is 1.02. The highest BCUT2D eigenvalue weighted by atomic mass is 16.5. The van der Waals surface area contributed by atoms with E-state index in [4.69, 9.17) is 4.74 Å². The van der Waals surface area contributed by atoms with E-state index in [-0.39, 0.29) is 5.91 Å². The van der Waals surface area contributed by atoms with E-state index in [1.807, 2.05) is 29.2 Å². The number of carbonyl (C=O) groups excluding carboxylic acids is 1. The number of methoxy groups -OCH3 is 1. The standard InChI is InChI=1S/C14H20N2O2/c1-18-11-12-4-2-5-13(10-12)14(17)16-8-3-6-15-7-9-16/h2,4-5,10,15H,3,6-9,11H2,1H3. The summed E-state index contributed by atoms with van der Waals surface area (Å²) in [6.45, 7) is 4.04. The summed E-state index contributed by atoms with van der Waals surface area (Å²) in [5.74, 6) is 0.122. The lowest BCUT2D eigenvalue weighted by molar-refractivity contribution is 0.0766. The normalized spacial score (nSPS) is 16.4. The van der Waals surface area contributed by atoms with E-state index in [0.29, 0.717) is 6.61 Å². The van der Waals surface area contributed by atoms with E-state index >= 15 is 0 Å². The van der Waals surface area contributed by atoms with Crippen LogP contribution < -0.4 is 5.32 Å². The van der Waals surface area contributed by atoms with Crippen LogP contribution in [0.5, 0.6) is 0 Å². The highest BCUT2D eigenvalue weighted by Gasteiger charge is 2.16. The average molecular weight is 248 g/mol. The molecule has 1 fully saturated rings. The van der Waals surface area contributed by atoms with Gasteiger partial charge < -0.3 is 15.0 Å². The highest BCUT2D eigenvalue weighted by molar-refractivity contribution is 5.94. The van der Waals surface area contributed by atoms with Crippen molar-refractivity contribution in [2.75, 3.05) is 33.3 Å². The maximum absolute atomic E-state index is 12.4. The molecule has 0 bridgehead atoms. The fourth-order valence-corrected chi connectivity index (χ4v) is 2.19. The quantitative estimate of drug-likeness (QED) is 0.876. The minimum atomic E-state index is 0.122. The second-order valence-corrected chi connectivity index (χ2v) is 4.53. The third-order valence-corrected chi connectivity index (χ3v) is 3.11. The summed E-state index contributed by atoms with van der Waals surface area (Å²) in [5.41, 5.74) is 1.79. The number of hydrogen-bond acceptors (Lipinski definition) is 3. The van der Waals surface area contributed by atoms with Crippen LogP contribution in [0.2, 0.25) is 0 Å². The van der Waals surface area contributed by atoms with Crippen LogP contribution in [0.1, 0.15) is 22.3 Å². The molecular weight excluding hydrogens is 228 g/mol. The Hall–Kier alpha value is -1.39. The van der Waals surface area contributed by atoms with Crippen molar-refractivity contribution in [3.8, 4) is 0 Å². The number of rotatable bonds is 3. The van der Waals surface area contributed by atoms with Crippen LogP contribution in [0.15, 0.2) is 24.3 Å². The molecule has 1 amide bonds. The summed E-state index contributed by atoms with van der Waals surface area (Å²) in [7, 11) is 1.66. The first-order valence-electron chi connectivity index (χ1n) is 6.39. The number of benzene rings is 1. The number of nitrogens with zero attached hydrogens (tertiary/aromatic N) is 1. The second-order valence-electron chi connectivity index (χ2n) is 4.53. The zero-order chi connectivity index (χ0) is 12.8. The SMILES string of the molecule is COCc1cccc(C(=O)N2CCCNCC2)c1. The van der Waals surface area contributed by atoms with Gasteiger partial charge in [-0.25, -0.2) is 0 Å². The van der Waals surface area contributed by atoms with Gasteiger partial charge >= 0.3 is 0 Å². The molecule has 4 heteroatoms. The van der Waals surface area contributed by atoms with Crippen molar-refractivity contribution in [1.29, 1.82) is 0 Å². The van der Waals surface area contributed by atoms with E-state index in [1.165, 1.54) is 0 Å². The van der Waals surface area contributed by atoms with Crippen LogP contribution in [0.4, 0.5) is 0 Å². The van der Waals surface area contributed by atoms with Crippen LogP contribution in [0.25, 0.3) is 0 Å². The van der Waals surface area contributed by atoms with Gasteiger partial charge in [0.05, 0.1) is 6.61 Å². The molecule has 0 saturated carbocycles. The fourth-order valence-electron chi connectivity index (χ4n) is 2.19. The molecule has 18 heavy (non-hydrogen) atoms. The van der Waals surface area contributed by atoms with Crippen molar-refractivity contribution < 1.29 is 9.53 Å². The highest BCUT2D eigenvalue weighted by Crippen LogP contribution is 2.10. The van der Waals surface area contributed by atoms with Gasteiger partial charge in [-0.1, -0.05) is 12.1 Å². The Bertz CT molecular complexity index is 399. The molecule has 4 nitrogen and oxygen atoms in total. The zero-order valence-electron chi connectivity index (χ0n) is 10.8. The molecular formula is C14H20N2O2. The largest absolute Gasteiger partial charge is 0.380 e. The van der Waals surface area contributed by atoms with Crippen molar-refractivity contribution in [3.05, 3.63) is 35.4 Å². The number of ether oxygens (including phenoxy) is 1. The molecule has 0 aromatic heterocycles. The van der Waals surface area contributed by atoms with Crippen LogP contribution in [-0.2, 0) is 11.3 Å². The van der Waals surface area contributed by atoms with Gasteiger partial charge in [-0.2, -0.15) is 0 Å². The second kappa shape index (κ2) is 6.52. The van der Waals surface area contributed by atoms with Gasteiger partial charge in [0, 0.05) is 32.3 Å². The molecule has 0 radical (unpaired) electrons. The Balaban J connectivity index is 2.09. The molecule has 1 aliphatic heterocycles. The van der Waals surface area contributed by atoms with Crippen molar-refractivity contribution >= 4 is 5.91 Å². The molecule has 1 heterocycles. The maximum Gasteiger partial charge on any atom is 0.253 e. The minimum Gasteiger partial charge on any atom is -0.380 e. The lowest BCUT2D eigenvalue weighted by atomic mass is 10.1. The van der Waals surface area contributed by atoms with Crippen LogP contribution >= 0.6 is 0 Å². The first-order chi connectivity index (χ1) is 8.81.